The van der Waals surface area contributed by atoms with Crippen LogP contribution in [-0.4, -0.2) is 41.5 Å². The molecule has 1 atom stereocenters. The molecule has 4 rings (SSSR count). The Morgan fingerprint density at radius 2 is 2.14 bits per heavy atom. The maximum absolute atomic E-state index is 12.9. The summed E-state index contributed by atoms with van der Waals surface area (Å²) >= 11 is 1.64. The summed E-state index contributed by atoms with van der Waals surface area (Å²) in [5.74, 6) is -0.0110. The van der Waals surface area contributed by atoms with E-state index in [-0.39, 0.29) is 5.91 Å². The van der Waals surface area contributed by atoms with Gasteiger partial charge in [0.25, 0.3) is 5.91 Å². The van der Waals surface area contributed by atoms with Crippen LogP contribution in [0.3, 0.4) is 0 Å². The molecule has 4 nitrogen and oxygen atoms in total. The lowest BCUT2D eigenvalue weighted by molar-refractivity contribution is 0.0950. The van der Waals surface area contributed by atoms with Gasteiger partial charge in [-0.15, -0.1) is 11.3 Å². The predicted octanol–water partition coefficient (Wildman–Crippen LogP) is 4.96. The van der Waals surface area contributed by atoms with Crippen LogP contribution in [0.25, 0.3) is 21.5 Å². The fourth-order valence-electron chi connectivity index (χ4n) is 3.98. The third-order valence-electron chi connectivity index (χ3n) is 5.58. The number of benzene rings is 1. The number of nitrogens with one attached hydrogen (secondary N) is 1. The number of rotatable bonds is 6. The van der Waals surface area contributed by atoms with Crippen molar-refractivity contribution in [3.63, 3.8) is 0 Å². The summed E-state index contributed by atoms with van der Waals surface area (Å²) in [4.78, 5) is 21.3. The van der Waals surface area contributed by atoms with Crippen LogP contribution in [0.4, 0.5) is 0 Å². The molecule has 1 fully saturated rings. The maximum atomic E-state index is 12.9. The fraction of sp³-hybridized carbons (Fsp3) is 0.391. The summed E-state index contributed by atoms with van der Waals surface area (Å²) in [6.07, 6.45) is 4.92. The van der Waals surface area contributed by atoms with Crippen molar-refractivity contribution in [3.8, 4) is 10.6 Å². The Bertz CT molecular complexity index is 938. The highest BCUT2D eigenvalue weighted by Gasteiger charge is 2.18. The summed E-state index contributed by atoms with van der Waals surface area (Å²) in [5, 5.41) is 6.07. The zero-order valence-corrected chi connectivity index (χ0v) is 17.2. The molecule has 0 radical (unpaired) electrons. The standard InChI is InChI=1S/C23H27N3OS/c1-17-8-4-5-13-26(17)14-7-12-24-23(27)19-16-21(22-11-6-15-28-22)25-20-10-3-2-9-18(19)20/h2-3,6,9-11,15-17H,4-5,7-8,12-14H2,1H3,(H,24,27). The van der Waals surface area contributed by atoms with Gasteiger partial charge in [0.15, 0.2) is 0 Å². The van der Waals surface area contributed by atoms with Gasteiger partial charge in [0.05, 0.1) is 21.7 Å². The van der Waals surface area contributed by atoms with Crippen LogP contribution in [0.1, 0.15) is 43.0 Å². The van der Waals surface area contributed by atoms with Gasteiger partial charge in [0.2, 0.25) is 0 Å². The third kappa shape index (κ3) is 4.26. The molecule has 5 heteroatoms. The summed E-state index contributed by atoms with van der Waals surface area (Å²) in [5.41, 5.74) is 2.43. The molecule has 1 amide bonds. The van der Waals surface area contributed by atoms with E-state index in [2.05, 4.69) is 17.1 Å². The highest BCUT2D eigenvalue weighted by molar-refractivity contribution is 7.13. The lowest BCUT2D eigenvalue weighted by atomic mass is 10.0. The van der Waals surface area contributed by atoms with Crippen molar-refractivity contribution < 1.29 is 4.79 Å². The van der Waals surface area contributed by atoms with E-state index in [1.165, 1.54) is 25.8 Å². The van der Waals surface area contributed by atoms with Crippen LogP contribution < -0.4 is 5.32 Å². The molecule has 1 aliphatic heterocycles. The monoisotopic (exact) mass is 393 g/mol. The van der Waals surface area contributed by atoms with Gasteiger partial charge in [0.1, 0.15) is 0 Å². The molecular weight excluding hydrogens is 366 g/mol. The lowest BCUT2D eigenvalue weighted by Gasteiger charge is -2.33. The summed E-state index contributed by atoms with van der Waals surface area (Å²) < 4.78 is 0. The van der Waals surface area contributed by atoms with Crippen molar-refractivity contribution in [1.29, 1.82) is 0 Å². The molecule has 3 aromatic rings. The Hall–Kier alpha value is -2.24. The largest absolute Gasteiger partial charge is 0.352 e. The fourth-order valence-corrected chi connectivity index (χ4v) is 4.67. The van der Waals surface area contributed by atoms with Crippen LogP contribution in [0.2, 0.25) is 0 Å². The Morgan fingerprint density at radius 1 is 1.25 bits per heavy atom. The molecule has 0 spiro atoms. The van der Waals surface area contributed by atoms with Gasteiger partial charge in [-0.25, -0.2) is 4.98 Å². The number of likely N-dealkylation sites (tertiary alicyclic amines) is 1. The van der Waals surface area contributed by atoms with Gasteiger partial charge in [-0.05, 0) is 56.3 Å². The number of para-hydroxylation sites is 1. The van der Waals surface area contributed by atoms with E-state index in [1.54, 1.807) is 11.3 Å². The van der Waals surface area contributed by atoms with Gasteiger partial charge in [0, 0.05) is 24.5 Å². The van der Waals surface area contributed by atoms with E-state index < -0.39 is 0 Å². The predicted molar refractivity (Wildman–Crippen MR) is 117 cm³/mol. The van der Waals surface area contributed by atoms with Gasteiger partial charge < -0.3 is 10.2 Å². The zero-order valence-electron chi connectivity index (χ0n) is 16.4. The third-order valence-corrected chi connectivity index (χ3v) is 6.48. The van der Waals surface area contributed by atoms with E-state index in [0.29, 0.717) is 18.2 Å². The Morgan fingerprint density at radius 3 is 2.96 bits per heavy atom. The number of nitrogens with zero attached hydrogens (tertiary/aromatic N) is 2. The second-order valence-corrected chi connectivity index (χ2v) is 8.49. The molecule has 0 bridgehead atoms. The minimum atomic E-state index is -0.0110. The average molecular weight is 394 g/mol. The van der Waals surface area contributed by atoms with Crippen molar-refractivity contribution in [1.82, 2.24) is 15.2 Å². The number of hydrogen-bond donors (Lipinski definition) is 1. The first-order valence-corrected chi connectivity index (χ1v) is 11.1. The highest BCUT2D eigenvalue weighted by Crippen LogP contribution is 2.27. The molecule has 0 saturated carbocycles. The number of pyridine rings is 1. The second kappa shape index (κ2) is 8.84. The van der Waals surface area contributed by atoms with Crippen molar-refractivity contribution in [2.75, 3.05) is 19.6 Å². The number of aromatic nitrogens is 1. The first-order chi connectivity index (χ1) is 13.7. The SMILES string of the molecule is CC1CCCCN1CCCNC(=O)c1cc(-c2cccs2)nc2ccccc12. The topological polar surface area (TPSA) is 45.2 Å². The number of carbonyl (C=O) groups is 1. The van der Waals surface area contributed by atoms with Gasteiger partial charge in [-0.3, -0.25) is 4.79 Å². The first kappa shape index (κ1) is 19.1. The number of fused-ring (bicyclic) bond motifs is 1. The quantitative estimate of drug-likeness (QED) is 0.602. The summed E-state index contributed by atoms with van der Waals surface area (Å²) in [6.45, 7) is 5.26. The number of piperidine rings is 1. The smallest absolute Gasteiger partial charge is 0.252 e. The number of carbonyl (C=O) groups excluding carboxylic acids is 1. The van der Waals surface area contributed by atoms with Crippen molar-refractivity contribution >= 4 is 28.1 Å². The molecule has 1 saturated heterocycles. The zero-order chi connectivity index (χ0) is 19.3. The van der Waals surface area contributed by atoms with E-state index in [1.807, 2.05) is 47.8 Å². The van der Waals surface area contributed by atoms with Gasteiger partial charge in [-0.1, -0.05) is 30.7 Å². The average Bonchev–Trinajstić information content (AvgIpc) is 3.26. The number of amides is 1. The van der Waals surface area contributed by atoms with E-state index in [9.17, 15) is 4.79 Å². The molecule has 1 N–H and O–H groups in total. The van der Waals surface area contributed by atoms with Gasteiger partial charge in [-0.2, -0.15) is 0 Å². The van der Waals surface area contributed by atoms with E-state index >= 15 is 0 Å². The van der Waals surface area contributed by atoms with Crippen molar-refractivity contribution in [2.45, 2.75) is 38.6 Å². The molecule has 1 aliphatic rings. The van der Waals surface area contributed by atoms with E-state index in [0.717, 1.165) is 34.4 Å². The van der Waals surface area contributed by atoms with Crippen LogP contribution in [-0.2, 0) is 0 Å². The molecule has 28 heavy (non-hydrogen) atoms. The number of thiophene rings is 1. The van der Waals surface area contributed by atoms with E-state index in [4.69, 9.17) is 4.98 Å². The first-order valence-electron chi connectivity index (χ1n) is 10.2. The highest BCUT2D eigenvalue weighted by atomic mass is 32.1. The van der Waals surface area contributed by atoms with Crippen molar-refractivity contribution in [3.05, 3.63) is 53.4 Å². The Labute approximate surface area is 170 Å². The molecule has 3 heterocycles. The van der Waals surface area contributed by atoms with Crippen LogP contribution in [0, 0.1) is 0 Å². The molecule has 146 valence electrons. The minimum absolute atomic E-state index is 0.0110. The minimum Gasteiger partial charge on any atom is -0.352 e. The Kier molecular flexibility index (Phi) is 6.03. The van der Waals surface area contributed by atoms with Gasteiger partial charge >= 0.3 is 0 Å². The lowest BCUT2D eigenvalue weighted by Crippen LogP contribution is -2.39. The Balaban J connectivity index is 1.46. The second-order valence-electron chi connectivity index (χ2n) is 7.54. The maximum Gasteiger partial charge on any atom is 0.252 e. The molecular formula is C23H27N3OS. The summed E-state index contributed by atoms with van der Waals surface area (Å²) in [7, 11) is 0. The molecule has 1 unspecified atom stereocenters. The van der Waals surface area contributed by atoms with Crippen LogP contribution in [0.5, 0.6) is 0 Å². The number of hydrogen-bond acceptors (Lipinski definition) is 4. The van der Waals surface area contributed by atoms with Crippen LogP contribution >= 0.6 is 11.3 Å². The molecule has 0 aliphatic carbocycles. The normalized spacial score (nSPS) is 17.7. The molecule has 2 aromatic heterocycles. The summed E-state index contributed by atoms with van der Waals surface area (Å²) in [6, 6.07) is 14.5. The molecule has 1 aromatic carbocycles. The van der Waals surface area contributed by atoms with Crippen molar-refractivity contribution in [2.24, 2.45) is 0 Å². The van der Waals surface area contributed by atoms with Crippen LogP contribution in [0.15, 0.2) is 47.8 Å².